The molecule has 1 amide bonds. The molecule has 2 unspecified atom stereocenters. The number of carbonyl (C=O) groups is 2. The van der Waals surface area contributed by atoms with E-state index < -0.39 is 11.9 Å². The highest BCUT2D eigenvalue weighted by atomic mass is 16.5. The summed E-state index contributed by atoms with van der Waals surface area (Å²) < 4.78 is 5.67. The zero-order valence-electron chi connectivity index (χ0n) is 14.6. The molecule has 1 N–H and O–H groups in total. The molecule has 0 saturated carbocycles. The zero-order valence-corrected chi connectivity index (χ0v) is 14.6. The Bertz CT molecular complexity index is 590. The fourth-order valence-corrected chi connectivity index (χ4v) is 3.03. The lowest BCUT2D eigenvalue weighted by atomic mass is 10.1. The third-order valence-corrected chi connectivity index (χ3v) is 4.40. The summed E-state index contributed by atoms with van der Waals surface area (Å²) in [5.74, 6) is -1.46. The quantitative estimate of drug-likeness (QED) is 0.804. The molecule has 0 aromatic heterocycles. The molecule has 24 heavy (non-hydrogen) atoms. The summed E-state index contributed by atoms with van der Waals surface area (Å²) in [7, 11) is 0. The Labute approximate surface area is 143 Å². The molecular formula is C18H26N2O4. The third kappa shape index (κ3) is 4.26. The lowest BCUT2D eigenvalue weighted by Gasteiger charge is -2.40. The lowest BCUT2D eigenvalue weighted by molar-refractivity contribution is -0.152. The summed E-state index contributed by atoms with van der Waals surface area (Å²) in [6.45, 7) is 8.76. The fraction of sp³-hybridized carbons (Fsp3) is 0.556. The van der Waals surface area contributed by atoms with Crippen LogP contribution in [0.2, 0.25) is 0 Å². The maximum atomic E-state index is 12.3. The van der Waals surface area contributed by atoms with Crippen LogP contribution in [0.5, 0.6) is 5.75 Å². The third-order valence-electron chi connectivity index (χ3n) is 4.40. The molecule has 1 saturated heterocycles. The average molecular weight is 334 g/mol. The van der Waals surface area contributed by atoms with E-state index in [9.17, 15) is 9.59 Å². The van der Waals surface area contributed by atoms with Crippen molar-refractivity contribution in [2.24, 2.45) is 5.92 Å². The van der Waals surface area contributed by atoms with Crippen LogP contribution < -0.4 is 4.74 Å². The van der Waals surface area contributed by atoms with Gasteiger partial charge in [-0.2, -0.15) is 0 Å². The van der Waals surface area contributed by atoms with Crippen molar-refractivity contribution in [3.63, 3.8) is 0 Å². The summed E-state index contributed by atoms with van der Waals surface area (Å²) in [6.07, 6.45) is 0. The van der Waals surface area contributed by atoms with Gasteiger partial charge in [0.2, 0.25) is 5.91 Å². The van der Waals surface area contributed by atoms with Crippen LogP contribution >= 0.6 is 0 Å². The zero-order chi connectivity index (χ0) is 17.7. The molecule has 1 aliphatic rings. The van der Waals surface area contributed by atoms with Gasteiger partial charge in [-0.3, -0.25) is 14.5 Å². The summed E-state index contributed by atoms with van der Waals surface area (Å²) in [6, 6.07) is 7.97. The van der Waals surface area contributed by atoms with Crippen molar-refractivity contribution in [1.29, 1.82) is 0 Å². The smallest absolute Gasteiger partial charge is 0.315 e. The Morgan fingerprint density at radius 3 is 2.67 bits per heavy atom. The monoisotopic (exact) mass is 334 g/mol. The van der Waals surface area contributed by atoms with E-state index >= 15 is 0 Å². The molecule has 0 radical (unpaired) electrons. The molecule has 1 aromatic carbocycles. The average Bonchev–Trinajstić information content (AvgIpc) is 2.55. The minimum absolute atomic E-state index is 0.00712. The molecule has 1 aromatic rings. The Morgan fingerprint density at radius 2 is 2.04 bits per heavy atom. The SMILES string of the molecule is CCOc1ccccc1CN1CCN(C(=O)C(C)C(=O)O)C(C)C1. The maximum absolute atomic E-state index is 12.3. The number of carbonyl (C=O) groups excluding carboxylic acids is 1. The fourth-order valence-electron chi connectivity index (χ4n) is 3.03. The number of benzene rings is 1. The van der Waals surface area contributed by atoms with E-state index in [0.717, 1.165) is 30.9 Å². The van der Waals surface area contributed by atoms with E-state index in [2.05, 4.69) is 11.0 Å². The second-order valence-corrected chi connectivity index (χ2v) is 6.22. The Hall–Kier alpha value is -2.08. The number of hydrogen-bond acceptors (Lipinski definition) is 4. The van der Waals surface area contributed by atoms with E-state index in [0.29, 0.717) is 13.2 Å². The first kappa shape index (κ1) is 18.3. The van der Waals surface area contributed by atoms with Crippen molar-refractivity contribution in [3.8, 4) is 5.75 Å². The minimum Gasteiger partial charge on any atom is -0.494 e. The molecule has 1 heterocycles. The van der Waals surface area contributed by atoms with Gasteiger partial charge in [0.15, 0.2) is 0 Å². The number of ether oxygens (including phenoxy) is 1. The van der Waals surface area contributed by atoms with Crippen LogP contribution in [-0.4, -0.2) is 59.1 Å². The predicted molar refractivity (Wildman–Crippen MR) is 90.9 cm³/mol. The van der Waals surface area contributed by atoms with Crippen molar-refractivity contribution < 1.29 is 19.4 Å². The Morgan fingerprint density at radius 1 is 1.33 bits per heavy atom. The van der Waals surface area contributed by atoms with Crippen LogP contribution in [0.4, 0.5) is 0 Å². The molecule has 132 valence electrons. The van der Waals surface area contributed by atoms with Crippen LogP contribution in [0, 0.1) is 5.92 Å². The molecule has 2 atom stereocenters. The molecular weight excluding hydrogens is 308 g/mol. The van der Waals surface area contributed by atoms with Crippen molar-refractivity contribution in [3.05, 3.63) is 29.8 Å². The van der Waals surface area contributed by atoms with Gasteiger partial charge >= 0.3 is 5.97 Å². The van der Waals surface area contributed by atoms with Gasteiger partial charge < -0.3 is 14.7 Å². The van der Waals surface area contributed by atoms with E-state index in [1.54, 1.807) is 4.90 Å². The van der Waals surface area contributed by atoms with Crippen molar-refractivity contribution in [1.82, 2.24) is 9.80 Å². The lowest BCUT2D eigenvalue weighted by Crippen LogP contribution is -2.55. The van der Waals surface area contributed by atoms with Gasteiger partial charge in [0, 0.05) is 37.8 Å². The second-order valence-electron chi connectivity index (χ2n) is 6.22. The number of para-hydroxylation sites is 1. The number of rotatable bonds is 6. The van der Waals surface area contributed by atoms with Crippen molar-refractivity contribution in [2.75, 3.05) is 26.2 Å². The van der Waals surface area contributed by atoms with E-state index in [1.165, 1.54) is 6.92 Å². The number of carboxylic acids is 1. The molecule has 1 fully saturated rings. The standard InChI is InChI=1S/C18H26N2O4/c1-4-24-16-8-6-5-7-15(16)12-19-9-10-20(13(2)11-19)17(21)14(3)18(22)23/h5-8,13-14H,4,9-12H2,1-3H3,(H,22,23). The van der Waals surface area contributed by atoms with Crippen LogP contribution in [0.15, 0.2) is 24.3 Å². The second kappa shape index (κ2) is 8.15. The van der Waals surface area contributed by atoms with E-state index in [4.69, 9.17) is 9.84 Å². The number of amides is 1. The first-order chi connectivity index (χ1) is 11.4. The number of hydrogen-bond donors (Lipinski definition) is 1. The number of piperazine rings is 1. The Balaban J connectivity index is 1.99. The van der Waals surface area contributed by atoms with Gasteiger partial charge in [0.25, 0.3) is 0 Å². The molecule has 0 bridgehead atoms. The van der Waals surface area contributed by atoms with Gasteiger partial charge in [-0.25, -0.2) is 0 Å². The summed E-state index contributed by atoms with van der Waals surface area (Å²) >= 11 is 0. The largest absolute Gasteiger partial charge is 0.494 e. The summed E-state index contributed by atoms with van der Waals surface area (Å²) in [5, 5.41) is 9.03. The highest BCUT2D eigenvalue weighted by Crippen LogP contribution is 2.22. The number of carboxylic acid groups (broad SMARTS) is 1. The molecule has 6 heteroatoms. The topological polar surface area (TPSA) is 70.1 Å². The molecule has 2 rings (SSSR count). The minimum atomic E-state index is -1.07. The molecule has 6 nitrogen and oxygen atoms in total. The van der Waals surface area contributed by atoms with Gasteiger partial charge in [-0.05, 0) is 26.8 Å². The van der Waals surface area contributed by atoms with Gasteiger partial charge in [-0.1, -0.05) is 18.2 Å². The van der Waals surface area contributed by atoms with Gasteiger partial charge in [-0.15, -0.1) is 0 Å². The highest BCUT2D eigenvalue weighted by Gasteiger charge is 2.32. The maximum Gasteiger partial charge on any atom is 0.315 e. The van der Waals surface area contributed by atoms with Gasteiger partial charge in [0.1, 0.15) is 11.7 Å². The summed E-state index contributed by atoms with van der Waals surface area (Å²) in [5.41, 5.74) is 1.13. The van der Waals surface area contributed by atoms with E-state index in [1.807, 2.05) is 32.0 Å². The highest BCUT2D eigenvalue weighted by molar-refractivity contribution is 5.96. The first-order valence-electron chi connectivity index (χ1n) is 8.40. The summed E-state index contributed by atoms with van der Waals surface area (Å²) in [4.78, 5) is 27.2. The molecule has 0 aliphatic carbocycles. The number of aliphatic carboxylic acids is 1. The molecule has 0 spiro atoms. The van der Waals surface area contributed by atoms with Crippen LogP contribution in [0.25, 0.3) is 0 Å². The molecule has 1 aliphatic heterocycles. The van der Waals surface area contributed by atoms with Crippen molar-refractivity contribution in [2.45, 2.75) is 33.4 Å². The number of nitrogens with zero attached hydrogens (tertiary/aromatic N) is 2. The van der Waals surface area contributed by atoms with Crippen LogP contribution in [0.3, 0.4) is 0 Å². The first-order valence-corrected chi connectivity index (χ1v) is 8.40. The van der Waals surface area contributed by atoms with Crippen molar-refractivity contribution >= 4 is 11.9 Å². The van der Waals surface area contributed by atoms with Crippen LogP contribution in [-0.2, 0) is 16.1 Å². The van der Waals surface area contributed by atoms with E-state index in [-0.39, 0.29) is 11.9 Å². The predicted octanol–water partition coefficient (Wildman–Crippen LogP) is 1.84. The van der Waals surface area contributed by atoms with Crippen LogP contribution in [0.1, 0.15) is 26.3 Å². The normalized spacial score (nSPS) is 19.8. The van der Waals surface area contributed by atoms with Gasteiger partial charge in [0.05, 0.1) is 6.61 Å². The Kier molecular flexibility index (Phi) is 6.20.